The predicted octanol–water partition coefficient (Wildman–Crippen LogP) is 2.54. The van der Waals surface area contributed by atoms with Crippen LogP contribution >= 0.6 is 0 Å². The van der Waals surface area contributed by atoms with E-state index in [1.165, 1.54) is 20.3 Å². The van der Waals surface area contributed by atoms with Gasteiger partial charge in [-0.1, -0.05) is 0 Å². The van der Waals surface area contributed by atoms with Gasteiger partial charge in [0.15, 0.2) is 28.8 Å². The van der Waals surface area contributed by atoms with Gasteiger partial charge in [-0.3, -0.25) is 9.69 Å². The number of Topliss-reactive ketones (excluding diaryl/α,β-unsaturated/α-hetero) is 1. The molecule has 1 unspecified atom stereocenters. The van der Waals surface area contributed by atoms with Gasteiger partial charge in [-0.2, -0.15) is 0 Å². The number of fused-ring (bicyclic) bond motifs is 2. The number of carboxylic acid groups (broad SMARTS) is 1. The summed E-state index contributed by atoms with van der Waals surface area (Å²) in [5, 5.41) is 9.79. The Morgan fingerprint density at radius 3 is 2.52 bits per heavy atom. The molecule has 0 fully saturated rings. The molecule has 0 radical (unpaired) electrons. The number of rotatable bonds is 5. The molecule has 152 valence electrons. The van der Waals surface area contributed by atoms with E-state index in [1.807, 2.05) is 24.1 Å². The summed E-state index contributed by atoms with van der Waals surface area (Å²) >= 11 is 0. The first-order valence-corrected chi connectivity index (χ1v) is 9.11. The topological polar surface area (TPSA) is 94.5 Å². The van der Waals surface area contributed by atoms with Crippen molar-refractivity contribution in [2.75, 3.05) is 34.6 Å². The van der Waals surface area contributed by atoms with Gasteiger partial charge in [0.2, 0.25) is 6.79 Å². The van der Waals surface area contributed by atoms with Crippen LogP contribution in [0, 0.1) is 0 Å². The maximum Gasteiger partial charge on any atom is 0.340 e. The Morgan fingerprint density at radius 1 is 1.14 bits per heavy atom. The average Bonchev–Trinajstić information content (AvgIpc) is 3.17. The minimum atomic E-state index is -1.26. The molecular weight excluding hydrogens is 378 g/mol. The van der Waals surface area contributed by atoms with Crippen LogP contribution in [0.4, 0.5) is 0 Å². The second-order valence-corrected chi connectivity index (χ2v) is 6.93. The standard InChI is InChI=1S/C21H21NO7/c1-22-7-6-11-8-15-16(29-10-28-15)9-13(11)18(22)19(23)12-4-5-14(26-2)20(27-3)17(12)21(24)25/h4-5,8-9,18H,6-7,10H2,1-3H3,(H,24,25). The van der Waals surface area contributed by atoms with Crippen molar-refractivity contribution in [2.45, 2.75) is 12.5 Å². The summed E-state index contributed by atoms with van der Waals surface area (Å²) in [6.45, 7) is 0.796. The van der Waals surface area contributed by atoms with Crippen molar-refractivity contribution in [3.05, 3.63) is 46.5 Å². The first kappa shape index (κ1) is 19.1. The van der Waals surface area contributed by atoms with Crippen molar-refractivity contribution in [1.82, 2.24) is 4.90 Å². The van der Waals surface area contributed by atoms with Gasteiger partial charge in [0.05, 0.1) is 20.3 Å². The number of hydrogen-bond donors (Lipinski definition) is 1. The van der Waals surface area contributed by atoms with Gasteiger partial charge in [-0.25, -0.2) is 4.79 Å². The molecule has 8 nitrogen and oxygen atoms in total. The number of likely N-dealkylation sites (N-methyl/N-ethyl adjacent to an activating group) is 1. The first-order valence-electron chi connectivity index (χ1n) is 9.11. The van der Waals surface area contributed by atoms with E-state index in [1.54, 1.807) is 6.07 Å². The van der Waals surface area contributed by atoms with E-state index in [2.05, 4.69) is 0 Å². The largest absolute Gasteiger partial charge is 0.493 e. The van der Waals surface area contributed by atoms with Gasteiger partial charge in [-0.15, -0.1) is 0 Å². The van der Waals surface area contributed by atoms with Gasteiger partial charge in [0, 0.05) is 12.1 Å². The van der Waals surface area contributed by atoms with Crippen LogP contribution in [0.5, 0.6) is 23.0 Å². The van der Waals surface area contributed by atoms with Crippen LogP contribution in [-0.2, 0) is 6.42 Å². The molecule has 0 aromatic heterocycles. The van der Waals surface area contributed by atoms with Crippen molar-refractivity contribution in [3.63, 3.8) is 0 Å². The number of carbonyl (C=O) groups excluding carboxylic acids is 1. The summed E-state index contributed by atoms with van der Waals surface area (Å²) in [5.41, 5.74) is 1.64. The van der Waals surface area contributed by atoms with E-state index >= 15 is 0 Å². The number of hydrogen-bond acceptors (Lipinski definition) is 7. The lowest BCUT2D eigenvalue weighted by atomic mass is 9.86. The van der Waals surface area contributed by atoms with Gasteiger partial charge >= 0.3 is 5.97 Å². The first-order chi connectivity index (χ1) is 14.0. The Balaban J connectivity index is 1.85. The van der Waals surface area contributed by atoms with Gasteiger partial charge in [0.25, 0.3) is 0 Å². The van der Waals surface area contributed by atoms with E-state index in [4.69, 9.17) is 18.9 Å². The van der Waals surface area contributed by atoms with Crippen molar-refractivity contribution in [3.8, 4) is 23.0 Å². The van der Waals surface area contributed by atoms with Crippen LogP contribution in [0.25, 0.3) is 0 Å². The third-order valence-corrected chi connectivity index (χ3v) is 5.38. The van der Waals surface area contributed by atoms with E-state index in [-0.39, 0.29) is 35.2 Å². The molecule has 2 heterocycles. The maximum atomic E-state index is 13.6. The summed E-state index contributed by atoms with van der Waals surface area (Å²) in [4.78, 5) is 27.5. The highest BCUT2D eigenvalue weighted by molar-refractivity contribution is 6.10. The molecule has 0 aliphatic carbocycles. The molecule has 8 heteroatoms. The highest BCUT2D eigenvalue weighted by atomic mass is 16.7. The van der Waals surface area contributed by atoms with Crippen LogP contribution in [0.15, 0.2) is 24.3 Å². The normalized spacial score (nSPS) is 17.6. The quantitative estimate of drug-likeness (QED) is 0.767. The van der Waals surface area contributed by atoms with Crippen molar-refractivity contribution in [2.24, 2.45) is 0 Å². The Hall–Kier alpha value is -3.26. The van der Waals surface area contributed by atoms with Gasteiger partial charge in [-0.05, 0) is 48.9 Å². The van der Waals surface area contributed by atoms with Crippen molar-refractivity contribution >= 4 is 11.8 Å². The Kier molecular flexibility index (Phi) is 4.79. The molecule has 0 saturated heterocycles. The van der Waals surface area contributed by atoms with E-state index in [0.29, 0.717) is 18.0 Å². The van der Waals surface area contributed by atoms with E-state index in [0.717, 1.165) is 17.5 Å². The van der Waals surface area contributed by atoms with Gasteiger partial charge in [0.1, 0.15) is 5.56 Å². The second-order valence-electron chi connectivity index (χ2n) is 6.93. The Labute approximate surface area is 167 Å². The lowest BCUT2D eigenvalue weighted by Gasteiger charge is -2.34. The molecule has 0 spiro atoms. The van der Waals surface area contributed by atoms with Crippen LogP contribution < -0.4 is 18.9 Å². The van der Waals surface area contributed by atoms with Crippen LogP contribution in [0.3, 0.4) is 0 Å². The predicted molar refractivity (Wildman–Crippen MR) is 102 cm³/mol. The summed E-state index contributed by atoms with van der Waals surface area (Å²) < 4.78 is 21.4. The van der Waals surface area contributed by atoms with Gasteiger partial charge < -0.3 is 24.1 Å². The van der Waals surface area contributed by atoms with Crippen molar-refractivity contribution in [1.29, 1.82) is 0 Å². The fourth-order valence-electron chi connectivity index (χ4n) is 3.97. The number of aromatic carboxylic acids is 1. The molecule has 0 amide bonds. The second kappa shape index (κ2) is 7.29. The zero-order valence-electron chi connectivity index (χ0n) is 16.4. The van der Waals surface area contributed by atoms with Crippen LogP contribution in [0.1, 0.15) is 37.9 Å². The molecule has 2 aliphatic rings. The Morgan fingerprint density at radius 2 is 1.86 bits per heavy atom. The molecule has 2 aliphatic heterocycles. The molecule has 29 heavy (non-hydrogen) atoms. The molecule has 2 aromatic carbocycles. The summed E-state index contributed by atoms with van der Waals surface area (Å²) in [6, 6.07) is 6.09. The van der Waals surface area contributed by atoms with Crippen LogP contribution in [-0.4, -0.2) is 56.4 Å². The third kappa shape index (κ3) is 3.05. The average molecular weight is 399 g/mol. The zero-order chi connectivity index (χ0) is 20.7. The molecule has 2 aromatic rings. The molecule has 4 rings (SSSR count). The molecule has 0 saturated carbocycles. The van der Waals surface area contributed by atoms with E-state index < -0.39 is 12.0 Å². The third-order valence-electron chi connectivity index (χ3n) is 5.38. The number of ether oxygens (including phenoxy) is 4. The lowest BCUT2D eigenvalue weighted by Crippen LogP contribution is -2.37. The lowest BCUT2D eigenvalue weighted by molar-refractivity contribution is 0.0681. The minimum Gasteiger partial charge on any atom is -0.493 e. The smallest absolute Gasteiger partial charge is 0.340 e. The minimum absolute atomic E-state index is 0.0234. The maximum absolute atomic E-state index is 13.6. The molecular formula is C21H21NO7. The SMILES string of the molecule is COc1ccc(C(=O)C2c3cc4c(cc3CCN2C)OCO4)c(C(=O)O)c1OC. The highest BCUT2D eigenvalue weighted by Gasteiger charge is 2.36. The summed E-state index contributed by atoms with van der Waals surface area (Å²) in [5.74, 6) is -0.0592. The number of nitrogens with zero attached hydrogens (tertiary/aromatic N) is 1. The molecule has 1 atom stereocenters. The monoisotopic (exact) mass is 399 g/mol. The number of benzene rings is 2. The molecule has 1 N–H and O–H groups in total. The Bertz CT molecular complexity index is 1000. The number of methoxy groups -OCH3 is 2. The van der Waals surface area contributed by atoms with Crippen molar-refractivity contribution < 1.29 is 33.6 Å². The summed E-state index contributed by atoms with van der Waals surface area (Å²) in [6.07, 6.45) is 0.754. The number of carboxylic acids is 1. The number of carbonyl (C=O) groups is 2. The summed E-state index contributed by atoms with van der Waals surface area (Å²) in [7, 11) is 4.61. The highest BCUT2D eigenvalue weighted by Crippen LogP contribution is 2.42. The molecule has 0 bridgehead atoms. The zero-order valence-corrected chi connectivity index (χ0v) is 16.4. The fraction of sp³-hybridized carbons (Fsp3) is 0.333. The number of ketones is 1. The van der Waals surface area contributed by atoms with Crippen LogP contribution in [0.2, 0.25) is 0 Å². The van der Waals surface area contributed by atoms with E-state index in [9.17, 15) is 14.7 Å². The fourth-order valence-corrected chi connectivity index (χ4v) is 3.97.